The van der Waals surface area contributed by atoms with Crippen LogP contribution in [0.2, 0.25) is 0 Å². The zero-order chi connectivity index (χ0) is 20.5. The summed E-state index contributed by atoms with van der Waals surface area (Å²) in [6.07, 6.45) is 6.00. The third-order valence-corrected chi connectivity index (χ3v) is 10.9. The minimum Gasteiger partial charge on any atom is -0.744 e. The fourth-order valence-corrected chi connectivity index (χ4v) is 9.98. The molecule has 0 N–H and O–H groups in total. The van der Waals surface area contributed by atoms with Crippen molar-refractivity contribution in [2.45, 2.75) is 60.3 Å². The molecule has 0 aliphatic heterocycles. The minimum absolute atomic E-state index is 0.178. The van der Waals surface area contributed by atoms with Crippen LogP contribution >= 0.6 is 7.26 Å². The first-order valence-electron chi connectivity index (χ1n) is 9.69. The van der Waals surface area contributed by atoms with Gasteiger partial charge < -0.3 is 4.55 Å². The SMILES string of the molecule is CC[P+](CC(C)C)(CC(C)C)CC(C)C.Cc1ccc(S(=O)(=O)[O-])cc1. The molecule has 0 amide bonds. The van der Waals surface area contributed by atoms with E-state index in [4.69, 9.17) is 0 Å². The van der Waals surface area contributed by atoms with E-state index in [0.29, 0.717) is 0 Å². The van der Waals surface area contributed by atoms with Gasteiger partial charge in [0, 0.05) is 7.26 Å². The summed E-state index contributed by atoms with van der Waals surface area (Å²) in [7, 11) is -4.92. The van der Waals surface area contributed by atoms with Crippen molar-refractivity contribution in [1.82, 2.24) is 0 Å². The van der Waals surface area contributed by atoms with Gasteiger partial charge in [0.1, 0.15) is 10.1 Å². The quantitative estimate of drug-likeness (QED) is 0.402. The minimum atomic E-state index is -4.27. The van der Waals surface area contributed by atoms with Crippen LogP contribution < -0.4 is 0 Å². The molecule has 0 aromatic heterocycles. The van der Waals surface area contributed by atoms with E-state index in [0.717, 1.165) is 23.3 Å². The highest BCUT2D eigenvalue weighted by Gasteiger charge is 2.37. The van der Waals surface area contributed by atoms with Crippen molar-refractivity contribution in [3.05, 3.63) is 29.8 Å². The monoisotopic (exact) mass is 402 g/mol. The van der Waals surface area contributed by atoms with E-state index in [1.807, 2.05) is 6.92 Å². The van der Waals surface area contributed by atoms with Gasteiger partial charge in [0.05, 0.1) is 29.5 Å². The maximum Gasteiger partial charge on any atom is 0.124 e. The molecule has 0 aliphatic carbocycles. The van der Waals surface area contributed by atoms with Gasteiger partial charge in [-0.3, -0.25) is 0 Å². The molecule has 0 radical (unpaired) electrons. The average molecular weight is 403 g/mol. The lowest BCUT2D eigenvalue weighted by molar-refractivity contribution is 0.463. The Kier molecular flexibility index (Phi) is 11.2. The van der Waals surface area contributed by atoms with Crippen LogP contribution in [0.5, 0.6) is 0 Å². The number of rotatable bonds is 8. The second-order valence-corrected chi connectivity index (χ2v) is 14.4. The van der Waals surface area contributed by atoms with Gasteiger partial charge in [0.2, 0.25) is 0 Å². The van der Waals surface area contributed by atoms with Gasteiger partial charge in [-0.25, -0.2) is 8.42 Å². The molecule has 0 fully saturated rings. The predicted octanol–water partition coefficient (Wildman–Crippen LogP) is 5.89. The molecule has 3 nitrogen and oxygen atoms in total. The van der Waals surface area contributed by atoms with E-state index in [2.05, 4.69) is 48.5 Å². The zero-order valence-corrected chi connectivity index (χ0v) is 19.7. The van der Waals surface area contributed by atoms with Crippen LogP contribution in [-0.4, -0.2) is 37.6 Å². The lowest BCUT2D eigenvalue weighted by atomic mass is 10.2. The Morgan fingerprint density at radius 2 is 1.19 bits per heavy atom. The molecule has 0 saturated carbocycles. The van der Waals surface area contributed by atoms with Crippen LogP contribution in [0.3, 0.4) is 0 Å². The van der Waals surface area contributed by atoms with Crippen LogP contribution in [0.15, 0.2) is 29.2 Å². The Bertz CT molecular complexity index is 578. The van der Waals surface area contributed by atoms with Crippen molar-refractivity contribution in [1.29, 1.82) is 0 Å². The molecule has 152 valence electrons. The first-order valence-corrected chi connectivity index (χ1v) is 13.6. The number of benzene rings is 1. The normalized spacial score (nSPS) is 12.5. The van der Waals surface area contributed by atoms with Crippen molar-refractivity contribution < 1.29 is 13.0 Å². The van der Waals surface area contributed by atoms with E-state index in [1.165, 1.54) is 36.8 Å². The summed E-state index contributed by atoms with van der Waals surface area (Å²) in [6.45, 7) is 18.6. The molecule has 0 spiro atoms. The van der Waals surface area contributed by atoms with Crippen molar-refractivity contribution in [3.8, 4) is 0 Å². The zero-order valence-electron chi connectivity index (χ0n) is 18.0. The molecular formula is C21H39O3PS. The van der Waals surface area contributed by atoms with E-state index in [1.54, 1.807) is 12.1 Å². The van der Waals surface area contributed by atoms with E-state index in [-0.39, 0.29) is 4.90 Å². The highest BCUT2D eigenvalue weighted by atomic mass is 32.2. The van der Waals surface area contributed by atoms with Gasteiger partial charge in [-0.05, 0) is 43.7 Å². The summed E-state index contributed by atoms with van der Waals surface area (Å²) in [4.78, 5) is -0.178. The van der Waals surface area contributed by atoms with Crippen LogP contribution in [0.25, 0.3) is 0 Å². The Morgan fingerprint density at radius 1 is 0.846 bits per heavy atom. The molecule has 5 heteroatoms. The first kappa shape index (κ1) is 25.6. The maximum absolute atomic E-state index is 10.4. The first-order chi connectivity index (χ1) is 11.8. The predicted molar refractivity (Wildman–Crippen MR) is 116 cm³/mol. The highest BCUT2D eigenvalue weighted by molar-refractivity contribution is 7.85. The van der Waals surface area contributed by atoms with Crippen molar-refractivity contribution in [2.75, 3.05) is 24.6 Å². The van der Waals surface area contributed by atoms with Gasteiger partial charge in [-0.15, -0.1) is 0 Å². The van der Waals surface area contributed by atoms with Crippen LogP contribution in [0.1, 0.15) is 54.0 Å². The maximum atomic E-state index is 10.4. The van der Waals surface area contributed by atoms with Crippen LogP contribution in [0, 0.1) is 24.7 Å². The standard InChI is InChI=1S/C14H32P.C7H8O3S/c1-8-15(9-12(2)3,10-13(4)5)11-14(6)7;1-6-2-4-7(5-3-6)11(8,9)10/h12-14H,8-11H2,1-7H3;2-5H,1H3,(H,8,9,10)/q+1;/p-1. The molecule has 0 bridgehead atoms. The topological polar surface area (TPSA) is 57.2 Å². The largest absolute Gasteiger partial charge is 0.744 e. The molecule has 1 aromatic rings. The Morgan fingerprint density at radius 3 is 1.42 bits per heavy atom. The van der Waals surface area contributed by atoms with Gasteiger partial charge in [0.25, 0.3) is 0 Å². The molecular weight excluding hydrogens is 363 g/mol. The third kappa shape index (κ3) is 10.6. The molecule has 0 atom stereocenters. The summed E-state index contributed by atoms with van der Waals surface area (Å²) in [5.74, 6) is 2.65. The van der Waals surface area contributed by atoms with Crippen molar-refractivity contribution >= 4 is 17.4 Å². The second-order valence-electron chi connectivity index (χ2n) is 8.65. The summed E-state index contributed by atoms with van der Waals surface area (Å²) in [6, 6.07) is 5.78. The molecule has 0 aliphatic rings. The Balaban J connectivity index is 0.000000502. The van der Waals surface area contributed by atoms with Gasteiger partial charge >= 0.3 is 0 Å². The summed E-state index contributed by atoms with van der Waals surface area (Å²) in [5.41, 5.74) is 0.928. The smallest absolute Gasteiger partial charge is 0.124 e. The van der Waals surface area contributed by atoms with Crippen molar-refractivity contribution in [2.24, 2.45) is 17.8 Å². The lowest BCUT2D eigenvalue weighted by Gasteiger charge is -2.31. The van der Waals surface area contributed by atoms with Crippen LogP contribution in [-0.2, 0) is 10.1 Å². The summed E-state index contributed by atoms with van der Waals surface area (Å²) in [5, 5.41) is 0. The van der Waals surface area contributed by atoms with Crippen molar-refractivity contribution in [3.63, 3.8) is 0 Å². The fourth-order valence-electron chi connectivity index (χ4n) is 3.64. The third-order valence-electron chi connectivity index (χ3n) is 4.24. The second kappa shape index (κ2) is 11.4. The average Bonchev–Trinajstić information content (AvgIpc) is 2.45. The molecule has 0 saturated heterocycles. The Labute approximate surface area is 163 Å². The molecule has 1 aromatic carbocycles. The van der Waals surface area contributed by atoms with Gasteiger partial charge in [-0.2, -0.15) is 0 Å². The van der Waals surface area contributed by atoms with Crippen LogP contribution in [0.4, 0.5) is 0 Å². The van der Waals surface area contributed by atoms with Gasteiger partial charge in [0.15, 0.2) is 0 Å². The molecule has 1 rings (SSSR count). The van der Waals surface area contributed by atoms with E-state index < -0.39 is 17.4 Å². The lowest BCUT2D eigenvalue weighted by Crippen LogP contribution is -2.19. The number of hydrogen-bond acceptors (Lipinski definition) is 3. The van der Waals surface area contributed by atoms with E-state index >= 15 is 0 Å². The Hall–Kier alpha value is -0.440. The number of hydrogen-bond donors (Lipinski definition) is 0. The summed E-state index contributed by atoms with van der Waals surface area (Å²) >= 11 is 0. The summed E-state index contributed by atoms with van der Waals surface area (Å²) < 4.78 is 31.2. The molecule has 0 unspecified atom stereocenters. The number of aryl methyl sites for hydroxylation is 1. The van der Waals surface area contributed by atoms with E-state index in [9.17, 15) is 13.0 Å². The fraction of sp³-hybridized carbons (Fsp3) is 0.714. The van der Waals surface area contributed by atoms with Gasteiger partial charge in [-0.1, -0.05) is 59.2 Å². The highest BCUT2D eigenvalue weighted by Crippen LogP contribution is 2.61. The molecule has 0 heterocycles. The molecule has 26 heavy (non-hydrogen) atoms.